The number of hydrogen-bond donors (Lipinski definition) is 0. The van der Waals surface area contributed by atoms with Crippen LogP contribution in [-0.2, 0) is 14.3 Å². The third-order valence-corrected chi connectivity index (χ3v) is 1.26. The Morgan fingerprint density at radius 1 is 1.62 bits per heavy atom. The molecule has 0 fully saturated rings. The van der Waals surface area contributed by atoms with Crippen molar-refractivity contribution < 1.29 is 14.3 Å². The summed E-state index contributed by atoms with van der Waals surface area (Å²) in [5.41, 5.74) is 0. The lowest BCUT2D eigenvalue weighted by atomic mass is 10.4. The van der Waals surface area contributed by atoms with E-state index >= 15 is 0 Å². The molecule has 0 aromatic rings. The summed E-state index contributed by atoms with van der Waals surface area (Å²) in [5.74, 6) is -0.491. The van der Waals surface area contributed by atoms with Crippen LogP contribution in [0.1, 0.15) is 26.7 Å². The smallest absolute Gasteiger partial charge is 0.320 e. The maximum atomic E-state index is 10.8. The first-order valence-electron chi connectivity index (χ1n) is 4.34. The van der Waals surface area contributed by atoms with E-state index in [0.29, 0.717) is 13.2 Å². The average Bonchev–Trinajstić information content (AvgIpc) is 2.05. The van der Waals surface area contributed by atoms with Crippen LogP contribution in [0, 0.1) is 11.3 Å². The molecule has 0 amide bonds. The summed E-state index contributed by atoms with van der Waals surface area (Å²) in [6.07, 6.45) is 0.476. The van der Waals surface area contributed by atoms with Gasteiger partial charge in [-0.05, 0) is 13.3 Å². The minimum atomic E-state index is -0.491. The Balaban J connectivity index is 3.45. The zero-order valence-corrected chi connectivity index (χ0v) is 8.08. The summed E-state index contributed by atoms with van der Waals surface area (Å²) >= 11 is 0. The quantitative estimate of drug-likeness (QED) is 0.461. The van der Waals surface area contributed by atoms with Crippen molar-refractivity contribution in [3.63, 3.8) is 0 Å². The second-order valence-corrected chi connectivity index (χ2v) is 2.71. The largest absolute Gasteiger partial charge is 0.459 e. The van der Waals surface area contributed by atoms with Gasteiger partial charge in [-0.2, -0.15) is 5.26 Å². The highest BCUT2D eigenvalue weighted by atomic mass is 16.6. The maximum Gasteiger partial charge on any atom is 0.320 e. The second kappa shape index (κ2) is 7.56. The van der Waals surface area contributed by atoms with Gasteiger partial charge in [0.15, 0.2) is 0 Å². The number of ether oxygens (including phenoxy) is 2. The molecule has 0 saturated heterocycles. The van der Waals surface area contributed by atoms with Gasteiger partial charge in [0, 0.05) is 6.61 Å². The second-order valence-electron chi connectivity index (χ2n) is 2.71. The van der Waals surface area contributed by atoms with Gasteiger partial charge in [-0.15, -0.1) is 0 Å². The van der Waals surface area contributed by atoms with E-state index in [2.05, 4.69) is 0 Å². The van der Waals surface area contributed by atoms with Crippen molar-refractivity contribution in [2.24, 2.45) is 0 Å². The Morgan fingerprint density at radius 2 is 2.31 bits per heavy atom. The highest BCUT2D eigenvalue weighted by Gasteiger charge is 2.08. The molecule has 13 heavy (non-hydrogen) atoms. The fourth-order valence-electron chi connectivity index (χ4n) is 0.758. The lowest BCUT2D eigenvalue weighted by Gasteiger charge is -2.11. The summed E-state index contributed by atoms with van der Waals surface area (Å²) in [4.78, 5) is 10.8. The Kier molecular flexibility index (Phi) is 6.93. The summed E-state index contributed by atoms with van der Waals surface area (Å²) < 4.78 is 10.0. The molecule has 0 aromatic heterocycles. The van der Waals surface area contributed by atoms with Crippen LogP contribution in [0.4, 0.5) is 0 Å². The van der Waals surface area contributed by atoms with Crippen LogP contribution >= 0.6 is 0 Å². The van der Waals surface area contributed by atoms with Crippen LogP contribution in [0.2, 0.25) is 0 Å². The van der Waals surface area contributed by atoms with Crippen LogP contribution in [0.3, 0.4) is 0 Å². The van der Waals surface area contributed by atoms with Gasteiger partial charge in [0.05, 0.1) is 12.7 Å². The molecule has 0 aliphatic heterocycles. The monoisotopic (exact) mass is 185 g/mol. The molecule has 0 N–H and O–H groups in total. The maximum absolute atomic E-state index is 10.8. The number of carbonyl (C=O) groups excluding carboxylic acids is 1. The molecule has 4 heteroatoms. The van der Waals surface area contributed by atoms with Crippen molar-refractivity contribution in [1.29, 1.82) is 5.26 Å². The normalized spacial score (nSPS) is 11.8. The van der Waals surface area contributed by atoms with E-state index in [9.17, 15) is 4.79 Å². The van der Waals surface area contributed by atoms with E-state index in [1.165, 1.54) is 0 Å². The Bertz CT molecular complexity index is 186. The zero-order chi connectivity index (χ0) is 10.1. The van der Waals surface area contributed by atoms with Gasteiger partial charge in [0.25, 0.3) is 0 Å². The summed E-state index contributed by atoms with van der Waals surface area (Å²) in [7, 11) is 0. The van der Waals surface area contributed by atoms with Crippen molar-refractivity contribution in [3.8, 4) is 6.07 Å². The number of nitrogens with zero attached hydrogens (tertiary/aromatic N) is 1. The minimum Gasteiger partial charge on any atom is -0.459 e. The zero-order valence-electron chi connectivity index (χ0n) is 8.08. The van der Waals surface area contributed by atoms with Crippen molar-refractivity contribution in [2.75, 3.05) is 13.2 Å². The number of esters is 1. The van der Waals surface area contributed by atoms with Gasteiger partial charge in [0.1, 0.15) is 12.5 Å². The van der Waals surface area contributed by atoms with Crippen LogP contribution < -0.4 is 0 Å². The first-order chi connectivity index (χ1) is 6.20. The standard InChI is InChI=1S/C9H15NO3/c1-3-6-12-7-8(2)13-9(11)4-5-10/h8H,3-4,6-7H2,1-2H3. The van der Waals surface area contributed by atoms with Crippen molar-refractivity contribution >= 4 is 5.97 Å². The molecule has 0 saturated carbocycles. The predicted molar refractivity (Wildman–Crippen MR) is 46.9 cm³/mol. The highest BCUT2D eigenvalue weighted by molar-refractivity contribution is 5.71. The lowest BCUT2D eigenvalue weighted by molar-refractivity contribution is -0.149. The molecule has 1 unspecified atom stereocenters. The molecule has 0 spiro atoms. The molecule has 0 aliphatic carbocycles. The fraction of sp³-hybridized carbons (Fsp3) is 0.778. The summed E-state index contributed by atoms with van der Waals surface area (Å²) in [6.45, 7) is 4.81. The van der Waals surface area contributed by atoms with Gasteiger partial charge >= 0.3 is 5.97 Å². The molecule has 0 aromatic carbocycles. The Hall–Kier alpha value is -1.08. The third kappa shape index (κ3) is 7.29. The third-order valence-electron chi connectivity index (χ3n) is 1.26. The van der Waals surface area contributed by atoms with Gasteiger partial charge in [-0.25, -0.2) is 0 Å². The SMILES string of the molecule is CCCOCC(C)OC(=O)CC#N. The van der Waals surface area contributed by atoms with Crippen LogP contribution in [0.5, 0.6) is 0 Å². The fourth-order valence-corrected chi connectivity index (χ4v) is 0.758. The Labute approximate surface area is 78.4 Å². The molecular weight excluding hydrogens is 170 g/mol. The summed E-state index contributed by atoms with van der Waals surface area (Å²) in [6, 6.07) is 1.72. The number of rotatable bonds is 6. The van der Waals surface area contributed by atoms with Gasteiger partial charge in [0.2, 0.25) is 0 Å². The molecule has 0 rings (SSSR count). The molecular formula is C9H15NO3. The van der Waals surface area contributed by atoms with Crippen molar-refractivity contribution in [2.45, 2.75) is 32.8 Å². The highest BCUT2D eigenvalue weighted by Crippen LogP contribution is 1.95. The number of nitriles is 1. The molecule has 0 aliphatic rings. The Morgan fingerprint density at radius 3 is 2.85 bits per heavy atom. The average molecular weight is 185 g/mol. The van der Waals surface area contributed by atoms with E-state index in [-0.39, 0.29) is 12.5 Å². The van der Waals surface area contributed by atoms with Crippen LogP contribution in [-0.4, -0.2) is 25.3 Å². The van der Waals surface area contributed by atoms with E-state index in [1.807, 2.05) is 6.92 Å². The molecule has 0 bridgehead atoms. The van der Waals surface area contributed by atoms with Crippen LogP contribution in [0.15, 0.2) is 0 Å². The number of carbonyl (C=O) groups is 1. The molecule has 4 nitrogen and oxygen atoms in total. The van der Waals surface area contributed by atoms with Crippen molar-refractivity contribution in [3.05, 3.63) is 0 Å². The molecule has 1 atom stereocenters. The first-order valence-corrected chi connectivity index (χ1v) is 4.34. The van der Waals surface area contributed by atoms with Gasteiger partial charge < -0.3 is 9.47 Å². The van der Waals surface area contributed by atoms with Gasteiger partial charge in [-0.3, -0.25) is 4.79 Å². The van der Waals surface area contributed by atoms with Crippen molar-refractivity contribution in [1.82, 2.24) is 0 Å². The predicted octanol–water partition coefficient (Wildman–Crippen LogP) is 1.26. The van der Waals surface area contributed by atoms with E-state index in [4.69, 9.17) is 14.7 Å². The minimum absolute atomic E-state index is 0.196. The van der Waals surface area contributed by atoms with Gasteiger partial charge in [-0.1, -0.05) is 6.92 Å². The summed E-state index contributed by atoms with van der Waals surface area (Å²) in [5, 5.41) is 8.18. The van der Waals surface area contributed by atoms with E-state index in [1.54, 1.807) is 13.0 Å². The molecule has 0 radical (unpaired) electrons. The molecule has 74 valence electrons. The van der Waals surface area contributed by atoms with Crippen LogP contribution in [0.25, 0.3) is 0 Å². The van der Waals surface area contributed by atoms with E-state index < -0.39 is 5.97 Å². The lowest BCUT2D eigenvalue weighted by Crippen LogP contribution is -2.20. The first kappa shape index (κ1) is 11.9. The molecule has 0 heterocycles. The number of hydrogen-bond acceptors (Lipinski definition) is 4. The van der Waals surface area contributed by atoms with E-state index in [0.717, 1.165) is 6.42 Å². The topological polar surface area (TPSA) is 59.3 Å².